The van der Waals surface area contributed by atoms with Gasteiger partial charge in [0.2, 0.25) is 0 Å². The van der Waals surface area contributed by atoms with E-state index < -0.39 is 17.6 Å². The molecule has 0 bridgehead atoms. The Morgan fingerprint density at radius 1 is 1.02 bits per heavy atom. The van der Waals surface area contributed by atoms with Gasteiger partial charge in [0, 0.05) is 10.0 Å². The van der Waals surface area contributed by atoms with Crippen molar-refractivity contribution in [2.24, 2.45) is 4.99 Å². The molecule has 0 spiro atoms. The van der Waals surface area contributed by atoms with E-state index in [0.717, 1.165) is 22.1 Å². The molecule has 3 heterocycles. The van der Waals surface area contributed by atoms with Crippen molar-refractivity contribution < 1.29 is 19.1 Å². The number of aromatic nitrogens is 1. The number of thiazole rings is 1. The highest BCUT2D eigenvalue weighted by Gasteiger charge is 2.38. The molecule has 2 aliphatic heterocycles. The van der Waals surface area contributed by atoms with Crippen LogP contribution in [0, 0.1) is 0 Å². The van der Waals surface area contributed by atoms with Crippen LogP contribution in [-0.4, -0.2) is 30.2 Å². The van der Waals surface area contributed by atoms with Gasteiger partial charge < -0.3 is 14.4 Å². The molecule has 0 N–H and O–H groups in total. The second-order valence-corrected chi connectivity index (χ2v) is 12.3. The van der Waals surface area contributed by atoms with Gasteiger partial charge in [0.25, 0.3) is 11.5 Å². The van der Waals surface area contributed by atoms with Crippen molar-refractivity contribution in [2.75, 3.05) is 18.6 Å². The van der Waals surface area contributed by atoms with Gasteiger partial charge in [-0.25, -0.2) is 9.79 Å². The number of hydrogen-bond acceptors (Lipinski definition) is 7. The molecule has 224 valence electrons. The number of carbonyl (C=O) groups is 2. The lowest BCUT2D eigenvalue weighted by molar-refractivity contribution is -0.139. The Bertz CT molecular complexity index is 2000. The summed E-state index contributed by atoms with van der Waals surface area (Å²) in [5.74, 6) is -0.194. The van der Waals surface area contributed by atoms with Gasteiger partial charge in [-0.05, 0) is 54.8 Å². The lowest BCUT2D eigenvalue weighted by Gasteiger charge is -2.26. The van der Waals surface area contributed by atoms with Crippen LogP contribution in [0.5, 0.6) is 5.75 Å². The lowest BCUT2D eigenvalue weighted by atomic mass is 9.94. The highest BCUT2D eigenvalue weighted by atomic mass is 79.9. The number of hydrogen-bond donors (Lipinski definition) is 0. The van der Waals surface area contributed by atoms with Gasteiger partial charge in [-0.1, -0.05) is 83.1 Å². The predicted octanol–water partition coefficient (Wildman–Crippen LogP) is 5.27. The summed E-state index contributed by atoms with van der Waals surface area (Å²) in [6.45, 7) is 4.29. The van der Waals surface area contributed by atoms with E-state index in [9.17, 15) is 14.4 Å². The van der Waals surface area contributed by atoms with Crippen LogP contribution in [-0.2, 0) is 20.9 Å². The van der Waals surface area contributed by atoms with Crippen LogP contribution in [0.3, 0.4) is 0 Å². The average molecular weight is 673 g/mol. The SMILES string of the molecule is CCCC1=C(C(=O)OCC)[C@H](c2cccc(OC)c2)n2c(s/c(=C3\C(=O)N(Cc4ccccc4)c4ccc(Br)cc43)c2=O)=N1. The molecule has 10 heteroatoms. The van der Waals surface area contributed by atoms with E-state index in [1.54, 1.807) is 18.9 Å². The number of benzene rings is 3. The standard InChI is InChI=1S/C34H30BrN3O5S/c1-4-10-25-28(33(41)43-5-2)29(21-13-9-14-23(17-21)42-3)38-32(40)30(44-34(38)36-25)27-24-18-22(35)15-16-26(24)37(31(27)39)19-20-11-7-6-8-12-20/h6-9,11-18,29H,4-5,10,19H2,1-3H3/b30-27-/t29-/m0/s1. The van der Waals surface area contributed by atoms with Crippen LogP contribution in [0.15, 0.2) is 98.3 Å². The molecule has 6 rings (SSSR count). The van der Waals surface area contributed by atoms with Gasteiger partial charge in [0.05, 0.1) is 48.8 Å². The summed E-state index contributed by atoms with van der Waals surface area (Å²) in [6.07, 6.45) is 1.26. The fourth-order valence-corrected chi connectivity index (χ4v) is 7.22. The molecular formula is C34H30BrN3O5S. The van der Waals surface area contributed by atoms with Crippen LogP contribution < -0.4 is 24.5 Å². The minimum absolute atomic E-state index is 0.179. The number of fused-ring (bicyclic) bond motifs is 2. The molecular weight excluding hydrogens is 642 g/mol. The smallest absolute Gasteiger partial charge is 0.338 e. The van der Waals surface area contributed by atoms with Crippen LogP contribution in [0.2, 0.25) is 0 Å². The zero-order valence-corrected chi connectivity index (χ0v) is 26.9. The first kappa shape index (κ1) is 29.8. The third-order valence-corrected chi connectivity index (χ3v) is 9.21. The summed E-state index contributed by atoms with van der Waals surface area (Å²) >= 11 is 4.73. The van der Waals surface area contributed by atoms with Crippen molar-refractivity contribution in [2.45, 2.75) is 39.3 Å². The van der Waals surface area contributed by atoms with Crippen molar-refractivity contribution in [3.63, 3.8) is 0 Å². The van der Waals surface area contributed by atoms with E-state index in [4.69, 9.17) is 14.5 Å². The number of rotatable bonds is 8. The molecule has 2 aliphatic rings. The Morgan fingerprint density at radius 2 is 1.82 bits per heavy atom. The number of amides is 1. The number of esters is 1. The van der Waals surface area contributed by atoms with Crippen molar-refractivity contribution in [3.8, 4) is 5.75 Å². The minimum atomic E-state index is -0.810. The quantitative estimate of drug-likeness (QED) is 0.238. The molecule has 8 nitrogen and oxygen atoms in total. The van der Waals surface area contributed by atoms with E-state index in [1.807, 2.05) is 79.7 Å². The number of allylic oxidation sites excluding steroid dienone is 1. The number of methoxy groups -OCH3 is 1. The third kappa shape index (κ3) is 5.22. The normalized spacial score (nSPS) is 16.9. The van der Waals surface area contributed by atoms with Crippen LogP contribution in [0.4, 0.5) is 5.69 Å². The minimum Gasteiger partial charge on any atom is -0.497 e. The molecule has 1 aromatic heterocycles. The van der Waals surface area contributed by atoms with Crippen molar-refractivity contribution in [1.82, 2.24) is 4.57 Å². The van der Waals surface area contributed by atoms with Crippen molar-refractivity contribution >= 4 is 50.4 Å². The van der Waals surface area contributed by atoms with E-state index in [-0.39, 0.29) is 17.0 Å². The fourth-order valence-electron chi connectivity index (χ4n) is 5.74. The summed E-state index contributed by atoms with van der Waals surface area (Å²) in [5, 5.41) is 0. The van der Waals surface area contributed by atoms with E-state index >= 15 is 0 Å². The Labute approximate surface area is 266 Å². The molecule has 1 amide bonds. The second-order valence-electron chi connectivity index (χ2n) is 10.4. The summed E-state index contributed by atoms with van der Waals surface area (Å²) < 4.78 is 13.6. The number of halogens is 1. The zero-order valence-electron chi connectivity index (χ0n) is 24.5. The third-order valence-electron chi connectivity index (χ3n) is 7.67. The van der Waals surface area contributed by atoms with E-state index in [1.165, 1.54) is 15.9 Å². The van der Waals surface area contributed by atoms with Gasteiger partial charge in [-0.2, -0.15) is 0 Å². The Hall–Kier alpha value is -4.28. The summed E-state index contributed by atoms with van der Waals surface area (Å²) in [5.41, 5.74) is 3.87. The second kappa shape index (κ2) is 12.4. The summed E-state index contributed by atoms with van der Waals surface area (Å²) in [6, 6.07) is 21.9. The molecule has 0 radical (unpaired) electrons. The van der Waals surface area contributed by atoms with Gasteiger partial charge in [0.1, 0.15) is 10.3 Å². The Kier molecular flexibility index (Phi) is 8.38. The van der Waals surface area contributed by atoms with E-state index in [2.05, 4.69) is 15.9 Å². The zero-order chi connectivity index (χ0) is 31.0. The molecule has 3 aromatic carbocycles. The maximum atomic E-state index is 14.5. The number of carbonyl (C=O) groups excluding carboxylic acids is 2. The van der Waals surface area contributed by atoms with E-state index in [0.29, 0.717) is 51.5 Å². The molecule has 0 unspecified atom stereocenters. The van der Waals surface area contributed by atoms with Gasteiger partial charge in [-0.15, -0.1) is 0 Å². The maximum absolute atomic E-state index is 14.5. The fraction of sp³-hybridized carbons (Fsp3) is 0.235. The molecule has 0 fully saturated rings. The Morgan fingerprint density at radius 3 is 2.55 bits per heavy atom. The molecule has 1 atom stereocenters. The van der Waals surface area contributed by atoms with Crippen molar-refractivity contribution in [3.05, 3.63) is 125 Å². The summed E-state index contributed by atoms with van der Waals surface area (Å²) in [7, 11) is 1.57. The van der Waals surface area contributed by atoms with Crippen molar-refractivity contribution in [1.29, 1.82) is 0 Å². The van der Waals surface area contributed by atoms with Gasteiger partial charge >= 0.3 is 5.97 Å². The predicted molar refractivity (Wildman–Crippen MR) is 173 cm³/mol. The lowest BCUT2D eigenvalue weighted by Crippen LogP contribution is -2.41. The van der Waals surface area contributed by atoms with Crippen LogP contribution in [0.1, 0.15) is 49.4 Å². The largest absolute Gasteiger partial charge is 0.497 e. The summed E-state index contributed by atoms with van der Waals surface area (Å²) in [4.78, 5) is 49.3. The highest BCUT2D eigenvalue weighted by Crippen LogP contribution is 2.39. The molecule has 4 aromatic rings. The molecule has 0 saturated heterocycles. The van der Waals surface area contributed by atoms with Gasteiger partial charge in [0.15, 0.2) is 4.80 Å². The first-order chi connectivity index (χ1) is 21.4. The average Bonchev–Trinajstić information content (AvgIpc) is 3.48. The number of nitrogens with zero attached hydrogens (tertiary/aromatic N) is 3. The Balaban J connectivity index is 1.63. The monoisotopic (exact) mass is 671 g/mol. The van der Waals surface area contributed by atoms with Crippen LogP contribution in [0.25, 0.3) is 5.57 Å². The highest BCUT2D eigenvalue weighted by molar-refractivity contribution is 9.10. The van der Waals surface area contributed by atoms with Gasteiger partial charge in [-0.3, -0.25) is 14.2 Å². The molecule has 44 heavy (non-hydrogen) atoms. The topological polar surface area (TPSA) is 90.2 Å². The van der Waals surface area contributed by atoms with Crippen LogP contribution >= 0.6 is 27.3 Å². The molecule has 0 aliphatic carbocycles. The first-order valence-electron chi connectivity index (χ1n) is 14.4. The molecule has 0 saturated carbocycles. The number of ether oxygens (including phenoxy) is 2. The number of anilines is 1. The maximum Gasteiger partial charge on any atom is 0.338 e. The first-order valence-corrected chi connectivity index (χ1v) is 16.0.